The summed E-state index contributed by atoms with van der Waals surface area (Å²) in [6.45, 7) is 11.2. The second-order valence-electron chi connectivity index (χ2n) is 5.85. The fourth-order valence-electron chi connectivity index (χ4n) is 2.70. The minimum absolute atomic E-state index is 0. The predicted octanol–water partition coefficient (Wildman–Crippen LogP) is 2.20. The van der Waals surface area contributed by atoms with E-state index in [0.29, 0.717) is 0 Å². The molecule has 0 N–H and O–H groups in total. The van der Waals surface area contributed by atoms with Crippen LogP contribution in [0, 0.1) is 27.4 Å². The second-order valence-corrected chi connectivity index (χ2v) is 5.85. The number of allylic oxidation sites excluding steroid dienone is 5. The van der Waals surface area contributed by atoms with Gasteiger partial charge in [-0.3, -0.25) is 6.08 Å². The van der Waals surface area contributed by atoms with Crippen molar-refractivity contribution in [2.45, 2.75) is 34.1 Å². The Balaban J connectivity index is -0.000000181. The van der Waals surface area contributed by atoms with Crippen LogP contribution < -0.4 is 24.8 Å². The maximum Gasteiger partial charge on any atom is 2.00 e. The molecule has 3 heteroatoms. The van der Waals surface area contributed by atoms with E-state index in [0.717, 1.165) is 12.8 Å². The molecule has 1 aliphatic rings. The van der Waals surface area contributed by atoms with Crippen molar-refractivity contribution >= 4 is 21.5 Å². The predicted molar refractivity (Wildman–Crippen MR) is 121 cm³/mol. The molecular weight excluding hydrogens is 474 g/mol. The molecule has 0 heterocycles. The van der Waals surface area contributed by atoms with Crippen LogP contribution in [0.2, 0.25) is 0 Å². The Bertz CT molecular complexity index is 870. The molecule has 0 atom stereocenters. The summed E-state index contributed by atoms with van der Waals surface area (Å²) in [7, 11) is 0. The van der Waals surface area contributed by atoms with Crippen LogP contribution in [0.3, 0.4) is 0 Å². The molecule has 0 saturated heterocycles. The van der Waals surface area contributed by atoms with E-state index in [4.69, 9.17) is 0 Å². The van der Waals surface area contributed by atoms with Gasteiger partial charge in [0.25, 0.3) is 0 Å². The van der Waals surface area contributed by atoms with Crippen LogP contribution in [0.4, 0.5) is 0 Å². The van der Waals surface area contributed by atoms with Crippen LogP contribution >= 0.6 is 0 Å². The quantitative estimate of drug-likeness (QED) is 0.351. The van der Waals surface area contributed by atoms with E-state index in [9.17, 15) is 0 Å². The van der Waals surface area contributed by atoms with Crippen LogP contribution in [0.15, 0.2) is 78.9 Å². The fraction of sp³-hybridized carbons (Fsp3) is 0.192. The van der Waals surface area contributed by atoms with Gasteiger partial charge >= 0.3 is 26.2 Å². The molecule has 0 bridgehead atoms. The van der Waals surface area contributed by atoms with E-state index < -0.39 is 0 Å². The van der Waals surface area contributed by atoms with Crippen molar-refractivity contribution in [1.29, 1.82) is 0 Å². The topological polar surface area (TPSA) is 0 Å². The van der Waals surface area contributed by atoms with Crippen LogP contribution in [0.1, 0.15) is 32.8 Å². The first kappa shape index (κ1) is 35.4. The van der Waals surface area contributed by atoms with E-state index >= 15 is 0 Å². The number of rotatable bonds is 1. The zero-order valence-corrected chi connectivity index (χ0v) is 20.9. The van der Waals surface area contributed by atoms with Gasteiger partial charge in [0.1, 0.15) is 0 Å². The summed E-state index contributed by atoms with van der Waals surface area (Å²) in [6.07, 6.45) is 10.8. The van der Waals surface area contributed by atoms with Crippen LogP contribution in [0.25, 0.3) is 21.5 Å². The molecular formula is C26H32Cl2Zr-4. The van der Waals surface area contributed by atoms with Crippen molar-refractivity contribution in [2.24, 2.45) is 0 Å². The number of hydrogen-bond acceptors (Lipinski definition) is 0. The van der Waals surface area contributed by atoms with Gasteiger partial charge in [0, 0.05) is 0 Å². The average Bonchev–Trinajstić information content (AvgIpc) is 3.22. The second kappa shape index (κ2) is 19.0. The Kier molecular flexibility index (Phi) is 23.2. The van der Waals surface area contributed by atoms with Gasteiger partial charge in [-0.25, -0.2) is 11.6 Å². The van der Waals surface area contributed by atoms with Crippen LogP contribution in [-0.4, -0.2) is 0 Å². The summed E-state index contributed by atoms with van der Waals surface area (Å²) in [5, 5.41) is 5.48. The van der Waals surface area contributed by atoms with Gasteiger partial charge in [0.2, 0.25) is 0 Å². The first-order valence-electron chi connectivity index (χ1n) is 8.34. The van der Waals surface area contributed by atoms with Gasteiger partial charge in [-0.05, 0) is 6.92 Å². The molecule has 0 aliphatic heterocycles. The molecule has 0 unspecified atom stereocenters. The Labute approximate surface area is 210 Å². The van der Waals surface area contributed by atoms with E-state index in [2.05, 4.69) is 88.0 Å². The molecule has 3 aromatic rings. The van der Waals surface area contributed by atoms with Gasteiger partial charge in [0.15, 0.2) is 0 Å². The Morgan fingerprint density at radius 2 is 1.66 bits per heavy atom. The van der Waals surface area contributed by atoms with Gasteiger partial charge in [-0.15, -0.1) is 65.7 Å². The maximum absolute atomic E-state index is 3.49. The SMILES string of the molecule is C.C=CC[CH2-].CC1=CC[C-]=C1.Cc1cccc2[cH-]c3ccccc3c12.[CH3-].[Cl-].[Cl-].[Zr+2]. The molecule has 0 amide bonds. The van der Waals surface area contributed by atoms with Crippen LogP contribution in [-0.2, 0) is 26.2 Å². The first-order chi connectivity index (χ1) is 11.7. The minimum Gasteiger partial charge on any atom is -1.00 e. The third-order valence-electron chi connectivity index (χ3n) is 3.92. The van der Waals surface area contributed by atoms with Crippen molar-refractivity contribution < 1.29 is 51.0 Å². The molecule has 0 nitrogen and oxygen atoms in total. The smallest absolute Gasteiger partial charge is 1.00 e. The largest absolute Gasteiger partial charge is 2.00 e. The summed E-state index contributed by atoms with van der Waals surface area (Å²) < 4.78 is 0. The number of hydrogen-bond donors (Lipinski definition) is 0. The first-order valence-corrected chi connectivity index (χ1v) is 8.34. The van der Waals surface area contributed by atoms with E-state index in [-0.39, 0.29) is 65.9 Å². The molecule has 0 radical (unpaired) electrons. The van der Waals surface area contributed by atoms with Crippen molar-refractivity contribution in [3.05, 3.63) is 105 Å². The van der Waals surface area contributed by atoms with Crippen LogP contribution in [0.5, 0.6) is 0 Å². The molecule has 3 aromatic carbocycles. The number of aryl methyl sites for hydroxylation is 1. The molecule has 0 saturated carbocycles. The van der Waals surface area contributed by atoms with E-state index in [1.807, 2.05) is 6.08 Å². The standard InChI is InChI=1S/C14H11.C6H7.C4H7.CH4.CH3.2ClH.Zr/c1-10-5-4-7-12-9-11-6-2-3-8-13(11)14(10)12;1-6-4-2-3-5-6;1-3-4-2;;;;;/h2-9H,1H3;4-5H,2H2,1H3;3H,1-2,4H2;1H4;1H3;2*1H;/q3*-1;;-1;;;+2/p-2. The van der Waals surface area contributed by atoms with Crippen molar-refractivity contribution in [3.63, 3.8) is 0 Å². The van der Waals surface area contributed by atoms with Gasteiger partial charge < -0.3 is 39.2 Å². The molecule has 29 heavy (non-hydrogen) atoms. The Morgan fingerprint density at radius 3 is 2.14 bits per heavy atom. The minimum atomic E-state index is 0. The molecule has 0 spiro atoms. The maximum atomic E-state index is 3.49. The monoisotopic (exact) mass is 504 g/mol. The Morgan fingerprint density at radius 1 is 1.07 bits per heavy atom. The zero-order valence-electron chi connectivity index (χ0n) is 16.9. The van der Waals surface area contributed by atoms with E-state index in [1.54, 1.807) is 6.08 Å². The average molecular weight is 507 g/mol. The normalized spacial score (nSPS) is 10.1. The fourth-order valence-corrected chi connectivity index (χ4v) is 2.70. The molecule has 4 rings (SSSR count). The summed E-state index contributed by atoms with van der Waals surface area (Å²) in [6, 6.07) is 17.3. The third kappa shape index (κ3) is 10.5. The summed E-state index contributed by atoms with van der Waals surface area (Å²) >= 11 is 0. The summed E-state index contributed by atoms with van der Waals surface area (Å²) in [5.74, 6) is 0. The Hall–Kier alpha value is -1.01. The number of fused-ring (bicyclic) bond motifs is 3. The van der Waals surface area contributed by atoms with Crippen molar-refractivity contribution in [2.75, 3.05) is 0 Å². The molecule has 158 valence electrons. The third-order valence-corrected chi connectivity index (χ3v) is 3.92. The van der Waals surface area contributed by atoms with Gasteiger partial charge in [0.05, 0.1) is 0 Å². The molecule has 0 aromatic heterocycles. The summed E-state index contributed by atoms with van der Waals surface area (Å²) in [5.41, 5.74) is 2.71. The zero-order chi connectivity index (χ0) is 17.4. The van der Waals surface area contributed by atoms with Gasteiger partial charge in [-0.1, -0.05) is 43.3 Å². The molecule has 0 fully saturated rings. The molecule has 1 aliphatic carbocycles. The van der Waals surface area contributed by atoms with Crippen molar-refractivity contribution in [1.82, 2.24) is 0 Å². The van der Waals surface area contributed by atoms with E-state index in [1.165, 1.54) is 32.7 Å². The number of halogens is 2. The van der Waals surface area contributed by atoms with Crippen molar-refractivity contribution in [3.8, 4) is 0 Å². The summed E-state index contributed by atoms with van der Waals surface area (Å²) in [4.78, 5) is 0. The van der Waals surface area contributed by atoms with Gasteiger partial charge in [-0.2, -0.15) is 12.5 Å². The number of benzene rings is 2.